The second kappa shape index (κ2) is 13.3. The second-order valence-electron chi connectivity index (χ2n) is 4.06. The van der Waals surface area contributed by atoms with E-state index in [1.807, 2.05) is 0 Å². The lowest BCUT2D eigenvalue weighted by Crippen LogP contribution is -2.10. The minimum atomic E-state index is 0.587. The van der Waals surface area contributed by atoms with E-state index in [2.05, 4.69) is 26.3 Å². The molecule has 0 aromatic heterocycles. The van der Waals surface area contributed by atoms with Gasteiger partial charge in [-0.25, -0.2) is 0 Å². The van der Waals surface area contributed by atoms with Gasteiger partial charge in [0.15, 0.2) is 0 Å². The zero-order valence-corrected chi connectivity index (χ0v) is 11.9. The van der Waals surface area contributed by atoms with Gasteiger partial charge in [0, 0.05) is 0 Å². The average molecular weight is 266 g/mol. The van der Waals surface area contributed by atoms with Crippen LogP contribution in [0.25, 0.3) is 0 Å². The van der Waals surface area contributed by atoms with Crippen LogP contribution in [0.5, 0.6) is 0 Å². The Morgan fingerprint density at radius 3 is 1.26 bits per heavy atom. The standard InChI is InChI=1S/C16H26O3/c1-5-15(3)7-9-17-11-13-19-14-12-18-10-8-16(4)6-2/h5-6H,1-4,7-14H2. The highest BCUT2D eigenvalue weighted by Gasteiger charge is 1.93. The summed E-state index contributed by atoms with van der Waals surface area (Å²) in [6.07, 6.45) is 5.13. The summed E-state index contributed by atoms with van der Waals surface area (Å²) in [4.78, 5) is 0. The molecular formula is C16H26O3. The highest BCUT2D eigenvalue weighted by atomic mass is 16.5. The first-order valence-electron chi connectivity index (χ1n) is 6.54. The van der Waals surface area contributed by atoms with Gasteiger partial charge in [-0.1, -0.05) is 49.6 Å². The maximum absolute atomic E-state index is 5.38. The first-order valence-corrected chi connectivity index (χ1v) is 6.54. The molecule has 0 unspecified atom stereocenters. The molecule has 19 heavy (non-hydrogen) atoms. The van der Waals surface area contributed by atoms with Gasteiger partial charge in [-0.15, -0.1) is 0 Å². The van der Waals surface area contributed by atoms with Gasteiger partial charge in [-0.2, -0.15) is 0 Å². The fourth-order valence-corrected chi connectivity index (χ4v) is 1.15. The van der Waals surface area contributed by atoms with Crippen molar-refractivity contribution >= 4 is 0 Å². The number of hydrogen-bond donors (Lipinski definition) is 0. The van der Waals surface area contributed by atoms with Crippen LogP contribution < -0.4 is 0 Å². The normalized spacial score (nSPS) is 10.1. The van der Waals surface area contributed by atoms with Crippen LogP contribution in [0, 0.1) is 0 Å². The van der Waals surface area contributed by atoms with E-state index in [1.165, 1.54) is 0 Å². The Morgan fingerprint density at radius 2 is 0.947 bits per heavy atom. The zero-order chi connectivity index (χ0) is 14.3. The molecule has 0 spiro atoms. The summed E-state index contributed by atoms with van der Waals surface area (Å²) in [5, 5.41) is 0. The molecular weight excluding hydrogens is 240 g/mol. The molecule has 0 bridgehead atoms. The van der Waals surface area contributed by atoms with Crippen molar-refractivity contribution in [2.45, 2.75) is 12.8 Å². The molecule has 0 aromatic carbocycles. The third-order valence-electron chi connectivity index (χ3n) is 2.46. The SMILES string of the molecule is C=CC(=C)CCOCCOCCOCCC(=C)C=C. The first-order chi connectivity index (χ1) is 9.20. The Kier molecular flexibility index (Phi) is 12.5. The third kappa shape index (κ3) is 13.1. The summed E-state index contributed by atoms with van der Waals surface area (Å²) >= 11 is 0. The Hall–Kier alpha value is -1.16. The molecule has 108 valence electrons. The molecule has 3 nitrogen and oxygen atoms in total. The van der Waals surface area contributed by atoms with E-state index in [-0.39, 0.29) is 0 Å². The van der Waals surface area contributed by atoms with Crippen LogP contribution in [0.4, 0.5) is 0 Å². The fourth-order valence-electron chi connectivity index (χ4n) is 1.15. The van der Waals surface area contributed by atoms with Crippen molar-refractivity contribution in [3.8, 4) is 0 Å². The summed E-state index contributed by atoms with van der Waals surface area (Å²) in [6, 6.07) is 0. The lowest BCUT2D eigenvalue weighted by Gasteiger charge is -2.07. The number of ether oxygens (including phenoxy) is 3. The minimum Gasteiger partial charge on any atom is -0.379 e. The van der Waals surface area contributed by atoms with Gasteiger partial charge in [0.2, 0.25) is 0 Å². The highest BCUT2D eigenvalue weighted by Crippen LogP contribution is 1.99. The van der Waals surface area contributed by atoms with Gasteiger partial charge in [-0.05, 0) is 12.8 Å². The summed E-state index contributed by atoms with van der Waals surface area (Å²) in [5.74, 6) is 0. The van der Waals surface area contributed by atoms with Crippen molar-refractivity contribution in [1.82, 2.24) is 0 Å². The molecule has 0 radical (unpaired) electrons. The zero-order valence-electron chi connectivity index (χ0n) is 11.9. The molecule has 0 fully saturated rings. The molecule has 0 saturated heterocycles. The maximum Gasteiger partial charge on any atom is 0.0701 e. The predicted octanol–water partition coefficient (Wildman–Crippen LogP) is 3.30. The molecule has 0 N–H and O–H groups in total. The van der Waals surface area contributed by atoms with Crippen molar-refractivity contribution in [1.29, 1.82) is 0 Å². The first kappa shape index (κ1) is 17.8. The molecule has 0 heterocycles. The van der Waals surface area contributed by atoms with Gasteiger partial charge < -0.3 is 14.2 Å². The maximum atomic E-state index is 5.38. The Morgan fingerprint density at radius 1 is 0.632 bits per heavy atom. The smallest absolute Gasteiger partial charge is 0.0701 e. The molecule has 0 aliphatic rings. The molecule has 3 heteroatoms. The molecule has 0 atom stereocenters. The van der Waals surface area contributed by atoms with Crippen LogP contribution >= 0.6 is 0 Å². The molecule has 0 aromatic rings. The van der Waals surface area contributed by atoms with Gasteiger partial charge >= 0.3 is 0 Å². The van der Waals surface area contributed by atoms with Gasteiger partial charge in [0.1, 0.15) is 0 Å². The molecule has 0 amide bonds. The predicted molar refractivity (Wildman–Crippen MR) is 80.4 cm³/mol. The van der Waals surface area contributed by atoms with Crippen LogP contribution in [0.15, 0.2) is 49.6 Å². The number of hydrogen-bond acceptors (Lipinski definition) is 3. The highest BCUT2D eigenvalue weighted by molar-refractivity contribution is 5.10. The topological polar surface area (TPSA) is 27.7 Å². The lowest BCUT2D eigenvalue weighted by molar-refractivity contribution is 0.0158. The van der Waals surface area contributed by atoms with Crippen LogP contribution in [-0.4, -0.2) is 39.6 Å². The van der Waals surface area contributed by atoms with E-state index in [9.17, 15) is 0 Å². The van der Waals surface area contributed by atoms with Gasteiger partial charge in [0.05, 0.1) is 39.6 Å². The third-order valence-corrected chi connectivity index (χ3v) is 2.46. The van der Waals surface area contributed by atoms with Crippen LogP contribution in [-0.2, 0) is 14.2 Å². The summed E-state index contributed by atoms with van der Waals surface area (Å²) in [7, 11) is 0. The molecule has 0 aliphatic heterocycles. The number of rotatable bonds is 14. The number of allylic oxidation sites excluding steroid dienone is 2. The van der Waals surface area contributed by atoms with Crippen LogP contribution in [0.1, 0.15) is 12.8 Å². The quantitative estimate of drug-likeness (QED) is 0.357. The van der Waals surface area contributed by atoms with Crippen LogP contribution in [0.2, 0.25) is 0 Å². The Bertz CT molecular complexity index is 254. The van der Waals surface area contributed by atoms with E-state index in [0.29, 0.717) is 39.6 Å². The molecule has 0 rings (SSSR count). The van der Waals surface area contributed by atoms with Crippen molar-refractivity contribution in [3.05, 3.63) is 49.6 Å². The largest absolute Gasteiger partial charge is 0.379 e. The summed E-state index contributed by atoms with van der Waals surface area (Å²) in [6.45, 7) is 18.6. The van der Waals surface area contributed by atoms with E-state index < -0.39 is 0 Å². The van der Waals surface area contributed by atoms with Gasteiger partial charge in [0.25, 0.3) is 0 Å². The lowest BCUT2D eigenvalue weighted by atomic mass is 10.2. The Labute approximate surface area is 117 Å². The van der Waals surface area contributed by atoms with Crippen molar-refractivity contribution in [2.75, 3.05) is 39.6 Å². The molecule has 0 aliphatic carbocycles. The molecule has 0 saturated carbocycles. The van der Waals surface area contributed by atoms with Gasteiger partial charge in [-0.3, -0.25) is 0 Å². The van der Waals surface area contributed by atoms with Crippen molar-refractivity contribution in [3.63, 3.8) is 0 Å². The summed E-state index contributed by atoms with van der Waals surface area (Å²) in [5.41, 5.74) is 1.99. The Balaban J connectivity index is 3.10. The van der Waals surface area contributed by atoms with E-state index in [1.54, 1.807) is 12.2 Å². The van der Waals surface area contributed by atoms with E-state index in [4.69, 9.17) is 14.2 Å². The summed E-state index contributed by atoms with van der Waals surface area (Å²) < 4.78 is 16.1. The van der Waals surface area contributed by atoms with Crippen molar-refractivity contribution < 1.29 is 14.2 Å². The minimum absolute atomic E-state index is 0.587. The second-order valence-corrected chi connectivity index (χ2v) is 4.06. The average Bonchev–Trinajstić information content (AvgIpc) is 2.43. The van der Waals surface area contributed by atoms with E-state index in [0.717, 1.165) is 24.0 Å². The van der Waals surface area contributed by atoms with Crippen molar-refractivity contribution in [2.24, 2.45) is 0 Å². The van der Waals surface area contributed by atoms with E-state index >= 15 is 0 Å². The monoisotopic (exact) mass is 266 g/mol. The fraction of sp³-hybridized carbons (Fsp3) is 0.500. The van der Waals surface area contributed by atoms with Crippen LogP contribution in [0.3, 0.4) is 0 Å².